The van der Waals surface area contributed by atoms with Crippen LogP contribution in [0.1, 0.15) is 16.7 Å². The third-order valence-corrected chi connectivity index (χ3v) is 2.97. The van der Waals surface area contributed by atoms with Crippen molar-refractivity contribution in [1.29, 1.82) is 0 Å². The third-order valence-electron chi connectivity index (χ3n) is 2.97. The van der Waals surface area contributed by atoms with Crippen molar-refractivity contribution in [1.82, 2.24) is 0 Å². The Kier molecular flexibility index (Phi) is 3.89. The van der Waals surface area contributed by atoms with Gasteiger partial charge in [0.25, 0.3) is 0 Å². The number of carboxylic acids is 1. The lowest BCUT2D eigenvalue weighted by molar-refractivity contribution is -0.131. The number of benzene rings is 2. The van der Waals surface area contributed by atoms with E-state index in [2.05, 4.69) is 6.07 Å². The fraction of sp³-hybridized carbons (Fsp3) is 0.118. The molecule has 2 rings (SSSR count). The van der Waals surface area contributed by atoms with E-state index in [1.165, 1.54) is 6.08 Å². The van der Waals surface area contributed by atoms with Gasteiger partial charge in [-0.25, -0.2) is 4.79 Å². The van der Waals surface area contributed by atoms with Crippen molar-refractivity contribution in [2.45, 2.75) is 13.8 Å². The van der Waals surface area contributed by atoms with E-state index in [1.54, 1.807) is 18.2 Å². The van der Waals surface area contributed by atoms with Crippen LogP contribution in [0, 0.1) is 13.8 Å². The molecule has 0 spiro atoms. The minimum Gasteiger partial charge on any atom is -0.507 e. The molecule has 0 radical (unpaired) electrons. The van der Waals surface area contributed by atoms with Gasteiger partial charge in [0.05, 0.1) is 0 Å². The summed E-state index contributed by atoms with van der Waals surface area (Å²) >= 11 is 0. The molecule has 0 saturated heterocycles. The van der Waals surface area contributed by atoms with E-state index < -0.39 is 5.97 Å². The van der Waals surface area contributed by atoms with Crippen LogP contribution in [0.15, 0.2) is 42.5 Å². The number of phenols is 1. The molecule has 0 aliphatic carbocycles. The monoisotopic (exact) mass is 268 g/mol. The molecule has 2 N–H and O–H groups in total. The van der Waals surface area contributed by atoms with Crippen molar-refractivity contribution >= 4 is 12.0 Å². The van der Waals surface area contributed by atoms with Crippen LogP contribution in [0.4, 0.5) is 0 Å². The van der Waals surface area contributed by atoms with Gasteiger partial charge in [0.15, 0.2) is 0 Å². The van der Waals surface area contributed by atoms with E-state index in [0.29, 0.717) is 5.56 Å². The average Bonchev–Trinajstić information content (AvgIpc) is 2.36. The number of carboxylic acid groups (broad SMARTS) is 1. The Bertz CT molecular complexity index is 664. The lowest BCUT2D eigenvalue weighted by Crippen LogP contribution is -1.87. The van der Waals surface area contributed by atoms with Crippen molar-refractivity contribution < 1.29 is 15.0 Å². The van der Waals surface area contributed by atoms with Gasteiger partial charge in [0, 0.05) is 11.6 Å². The smallest absolute Gasteiger partial charge is 0.328 e. The number of hydrogen-bond acceptors (Lipinski definition) is 2. The first kappa shape index (κ1) is 13.9. The van der Waals surface area contributed by atoms with Crippen LogP contribution in [0.5, 0.6) is 5.75 Å². The Morgan fingerprint density at radius 2 is 1.70 bits per heavy atom. The van der Waals surface area contributed by atoms with Gasteiger partial charge in [-0.2, -0.15) is 0 Å². The van der Waals surface area contributed by atoms with Crippen LogP contribution in [0.25, 0.3) is 17.2 Å². The number of aryl methyl sites for hydroxylation is 2. The van der Waals surface area contributed by atoms with Gasteiger partial charge in [-0.15, -0.1) is 0 Å². The molecule has 0 aromatic heterocycles. The third kappa shape index (κ3) is 3.26. The maximum atomic E-state index is 10.5. The Morgan fingerprint density at radius 1 is 1.05 bits per heavy atom. The summed E-state index contributed by atoms with van der Waals surface area (Å²) in [5.74, 6) is -0.812. The molecule has 0 saturated carbocycles. The average molecular weight is 268 g/mol. The standard InChI is InChI=1S/C17H16O3/c1-11-7-12(2)9-14(8-11)15-10-13(3-5-16(15)18)4-6-17(19)20/h3-10,18H,1-2H3,(H,19,20). The zero-order chi connectivity index (χ0) is 14.7. The predicted octanol–water partition coefficient (Wildman–Crippen LogP) is 3.77. The lowest BCUT2D eigenvalue weighted by atomic mass is 9.98. The second-order valence-electron chi connectivity index (χ2n) is 4.82. The second kappa shape index (κ2) is 5.61. The van der Waals surface area contributed by atoms with Crippen molar-refractivity contribution in [3.63, 3.8) is 0 Å². The first-order chi connectivity index (χ1) is 9.45. The summed E-state index contributed by atoms with van der Waals surface area (Å²) in [4.78, 5) is 10.5. The van der Waals surface area contributed by atoms with E-state index in [-0.39, 0.29) is 5.75 Å². The van der Waals surface area contributed by atoms with Gasteiger partial charge < -0.3 is 10.2 Å². The molecule has 3 heteroatoms. The van der Waals surface area contributed by atoms with Crippen molar-refractivity contribution in [2.75, 3.05) is 0 Å². The highest BCUT2D eigenvalue weighted by molar-refractivity contribution is 5.86. The summed E-state index contributed by atoms with van der Waals surface area (Å²) in [6.45, 7) is 4.00. The molecular weight excluding hydrogens is 252 g/mol. The highest BCUT2D eigenvalue weighted by atomic mass is 16.4. The molecule has 0 amide bonds. The van der Waals surface area contributed by atoms with Crippen LogP contribution in [-0.2, 0) is 4.79 Å². The van der Waals surface area contributed by atoms with E-state index in [9.17, 15) is 9.90 Å². The van der Waals surface area contributed by atoms with Gasteiger partial charge in [-0.05, 0) is 43.2 Å². The molecule has 0 fully saturated rings. The topological polar surface area (TPSA) is 57.5 Å². The Labute approximate surface area is 117 Å². The lowest BCUT2D eigenvalue weighted by Gasteiger charge is -2.08. The van der Waals surface area contributed by atoms with Gasteiger partial charge in [-0.1, -0.05) is 35.4 Å². The highest BCUT2D eigenvalue weighted by Crippen LogP contribution is 2.31. The molecule has 0 heterocycles. The van der Waals surface area contributed by atoms with Crippen LogP contribution < -0.4 is 0 Å². The molecule has 20 heavy (non-hydrogen) atoms. The minimum absolute atomic E-state index is 0.183. The molecule has 102 valence electrons. The zero-order valence-corrected chi connectivity index (χ0v) is 11.4. The summed E-state index contributed by atoms with van der Waals surface area (Å²) < 4.78 is 0. The number of rotatable bonds is 3. The SMILES string of the molecule is Cc1cc(C)cc(-c2cc(C=CC(=O)O)ccc2O)c1. The fourth-order valence-electron chi connectivity index (χ4n) is 2.19. The first-order valence-corrected chi connectivity index (χ1v) is 6.28. The van der Waals surface area contributed by atoms with E-state index >= 15 is 0 Å². The van der Waals surface area contributed by atoms with Gasteiger partial charge in [-0.3, -0.25) is 0 Å². The molecular formula is C17H16O3. The predicted molar refractivity (Wildman–Crippen MR) is 79.7 cm³/mol. The zero-order valence-electron chi connectivity index (χ0n) is 11.4. The van der Waals surface area contributed by atoms with Crippen LogP contribution in [0.3, 0.4) is 0 Å². The molecule has 0 bridgehead atoms. The number of carbonyl (C=O) groups is 1. The molecule has 0 unspecified atom stereocenters. The summed E-state index contributed by atoms with van der Waals surface area (Å²) in [7, 11) is 0. The summed E-state index contributed by atoms with van der Waals surface area (Å²) in [6, 6.07) is 11.1. The van der Waals surface area contributed by atoms with E-state index in [4.69, 9.17) is 5.11 Å². The molecule has 0 atom stereocenters. The van der Waals surface area contributed by atoms with Crippen LogP contribution in [0.2, 0.25) is 0 Å². The first-order valence-electron chi connectivity index (χ1n) is 6.28. The largest absolute Gasteiger partial charge is 0.507 e. The molecule has 2 aromatic carbocycles. The second-order valence-corrected chi connectivity index (χ2v) is 4.82. The van der Waals surface area contributed by atoms with Crippen LogP contribution in [-0.4, -0.2) is 16.2 Å². The quantitative estimate of drug-likeness (QED) is 0.833. The van der Waals surface area contributed by atoms with Crippen molar-refractivity contribution in [3.05, 3.63) is 59.2 Å². The number of phenolic OH excluding ortho intramolecular Hbond substituents is 1. The Balaban J connectivity index is 2.50. The fourth-order valence-corrected chi connectivity index (χ4v) is 2.19. The summed E-state index contributed by atoms with van der Waals surface area (Å²) in [5.41, 5.74) is 4.59. The molecule has 0 aliphatic rings. The van der Waals surface area contributed by atoms with E-state index in [0.717, 1.165) is 28.3 Å². The molecule has 0 aliphatic heterocycles. The maximum absolute atomic E-state index is 10.5. The normalized spacial score (nSPS) is 10.9. The number of aromatic hydroxyl groups is 1. The van der Waals surface area contributed by atoms with Crippen molar-refractivity contribution in [2.24, 2.45) is 0 Å². The van der Waals surface area contributed by atoms with Gasteiger partial charge in [0.1, 0.15) is 5.75 Å². The Hall–Kier alpha value is -2.55. The summed E-state index contributed by atoms with van der Waals surface area (Å²) in [5, 5.41) is 18.7. The Morgan fingerprint density at radius 3 is 2.30 bits per heavy atom. The minimum atomic E-state index is -0.994. The van der Waals surface area contributed by atoms with Gasteiger partial charge >= 0.3 is 5.97 Å². The van der Waals surface area contributed by atoms with Crippen LogP contribution >= 0.6 is 0 Å². The summed E-state index contributed by atoms with van der Waals surface area (Å²) in [6.07, 6.45) is 2.59. The maximum Gasteiger partial charge on any atom is 0.328 e. The number of hydrogen-bond donors (Lipinski definition) is 2. The molecule has 3 nitrogen and oxygen atoms in total. The molecule has 2 aromatic rings. The number of aliphatic carboxylic acids is 1. The van der Waals surface area contributed by atoms with E-state index in [1.807, 2.05) is 26.0 Å². The highest BCUT2D eigenvalue weighted by Gasteiger charge is 2.06. The van der Waals surface area contributed by atoms with Gasteiger partial charge in [0.2, 0.25) is 0 Å². The van der Waals surface area contributed by atoms with Crippen molar-refractivity contribution in [3.8, 4) is 16.9 Å².